The second-order valence-corrected chi connectivity index (χ2v) is 22.2. The van der Waals surface area contributed by atoms with E-state index in [2.05, 4.69) is 69.2 Å². The van der Waals surface area contributed by atoms with Gasteiger partial charge in [-0.25, -0.2) is 4.57 Å². The monoisotopic (exact) mass is 819 g/mol. The van der Waals surface area contributed by atoms with Crippen LogP contribution in [0, 0.1) is 47.3 Å². The van der Waals surface area contributed by atoms with E-state index in [-0.39, 0.29) is 13.2 Å². The summed E-state index contributed by atoms with van der Waals surface area (Å²) in [5.41, 5.74) is 0. The summed E-state index contributed by atoms with van der Waals surface area (Å²) in [6.07, 6.45) is 25.6. The topological polar surface area (TPSA) is 74.2 Å². The largest absolute Gasteiger partial charge is 0.472 e. The van der Waals surface area contributed by atoms with E-state index in [0.717, 1.165) is 48.3 Å². The van der Waals surface area contributed by atoms with Gasteiger partial charge in [-0.2, -0.15) is 0 Å². The molecule has 0 heterocycles. The van der Waals surface area contributed by atoms with Crippen LogP contribution in [0.1, 0.15) is 198 Å². The maximum absolute atomic E-state index is 12.6. The average Bonchev–Trinajstić information content (AvgIpc) is 3.07. The number of likely N-dealkylation sites (N-methyl/N-ethyl adjacent to an activating group) is 1. The summed E-state index contributed by atoms with van der Waals surface area (Å²) in [7, 11) is 1.89. The molecular weight excluding hydrogens is 718 g/mol. The molecule has 0 aromatic carbocycles. The zero-order chi connectivity index (χ0) is 42.4. The second-order valence-electron chi connectivity index (χ2n) is 20.8. The Bertz CT molecular complexity index is 926. The lowest BCUT2D eigenvalue weighted by molar-refractivity contribution is -0.870. The van der Waals surface area contributed by atoms with E-state index in [1.807, 2.05) is 21.1 Å². The van der Waals surface area contributed by atoms with Crippen LogP contribution in [0.3, 0.4) is 0 Å². The summed E-state index contributed by atoms with van der Waals surface area (Å²) in [6, 6.07) is 0. The molecule has 8 atom stereocenters. The summed E-state index contributed by atoms with van der Waals surface area (Å²) in [5.74, 6) is 6.15. The van der Waals surface area contributed by atoms with Crippen LogP contribution in [-0.4, -0.2) is 76.2 Å². The Morgan fingerprint density at radius 2 is 0.786 bits per heavy atom. The number of nitrogens with zero attached hydrogens (tertiary/aromatic N) is 1. The van der Waals surface area contributed by atoms with Crippen molar-refractivity contribution in [2.45, 2.75) is 204 Å². The quantitative estimate of drug-likeness (QED) is 0.0377. The summed E-state index contributed by atoms with van der Waals surface area (Å²) in [6.45, 7) is 26.0. The Morgan fingerprint density at radius 1 is 0.446 bits per heavy atom. The van der Waals surface area contributed by atoms with Crippen LogP contribution in [0.2, 0.25) is 0 Å². The first-order valence-electron chi connectivity index (χ1n) is 23.9. The van der Waals surface area contributed by atoms with Crippen LogP contribution >= 0.6 is 7.82 Å². The number of phosphoric acid groups is 1. The molecule has 7 nitrogen and oxygen atoms in total. The highest BCUT2D eigenvalue weighted by atomic mass is 31.2. The molecule has 0 amide bonds. The number of phosphoric ester groups is 1. The molecule has 56 heavy (non-hydrogen) atoms. The van der Waals surface area contributed by atoms with Gasteiger partial charge in [-0.1, -0.05) is 185 Å². The Kier molecular flexibility index (Phi) is 33.7. The molecular formula is C48H101NO6P+. The molecule has 4 unspecified atom stereocenters. The zero-order valence-electron chi connectivity index (χ0n) is 40.0. The highest BCUT2D eigenvalue weighted by Crippen LogP contribution is 2.43. The lowest BCUT2D eigenvalue weighted by atomic mass is 9.91. The Hall–Kier alpha value is -0.0100. The van der Waals surface area contributed by atoms with Crippen molar-refractivity contribution in [3.05, 3.63) is 0 Å². The van der Waals surface area contributed by atoms with Crippen LogP contribution in [-0.2, 0) is 23.1 Å². The van der Waals surface area contributed by atoms with Gasteiger partial charge in [0, 0.05) is 13.2 Å². The first-order valence-corrected chi connectivity index (χ1v) is 25.4. The minimum Gasteiger partial charge on any atom is -0.379 e. The normalized spacial score (nSPS) is 17.5. The molecule has 0 aromatic rings. The summed E-state index contributed by atoms with van der Waals surface area (Å²) < 4.78 is 36.3. The van der Waals surface area contributed by atoms with E-state index in [1.54, 1.807) is 0 Å². The van der Waals surface area contributed by atoms with Gasteiger partial charge in [0.15, 0.2) is 0 Å². The molecule has 0 bridgehead atoms. The van der Waals surface area contributed by atoms with Gasteiger partial charge >= 0.3 is 7.82 Å². The van der Waals surface area contributed by atoms with Gasteiger partial charge in [-0.05, 0) is 60.2 Å². The van der Waals surface area contributed by atoms with E-state index in [0.29, 0.717) is 42.7 Å². The van der Waals surface area contributed by atoms with Gasteiger partial charge in [0.2, 0.25) is 0 Å². The van der Waals surface area contributed by atoms with Crippen LogP contribution in [0.5, 0.6) is 0 Å². The molecule has 0 saturated heterocycles. The van der Waals surface area contributed by atoms with Crippen molar-refractivity contribution < 1.29 is 32.5 Å². The molecule has 0 aliphatic heterocycles. The predicted octanol–water partition coefficient (Wildman–Crippen LogP) is 14.2. The highest BCUT2D eigenvalue weighted by Gasteiger charge is 2.25. The zero-order valence-corrected chi connectivity index (χ0v) is 40.9. The van der Waals surface area contributed by atoms with Crippen LogP contribution < -0.4 is 0 Å². The fraction of sp³-hybridized carbons (Fsp3) is 1.00. The van der Waals surface area contributed by atoms with Crippen LogP contribution in [0.4, 0.5) is 0 Å². The third-order valence-electron chi connectivity index (χ3n) is 12.0. The Balaban J connectivity index is 4.55. The van der Waals surface area contributed by atoms with Crippen molar-refractivity contribution >= 4 is 7.82 Å². The molecule has 0 fully saturated rings. The summed E-state index contributed by atoms with van der Waals surface area (Å²) >= 11 is 0. The number of ether oxygens (including phenoxy) is 2. The number of hydrogen-bond acceptors (Lipinski definition) is 5. The highest BCUT2D eigenvalue weighted by molar-refractivity contribution is 7.47. The fourth-order valence-electron chi connectivity index (χ4n) is 7.60. The summed E-state index contributed by atoms with van der Waals surface area (Å²) in [5, 5.41) is 0. The Labute approximate surface area is 351 Å². The van der Waals surface area contributed by atoms with E-state index < -0.39 is 13.9 Å². The van der Waals surface area contributed by atoms with E-state index in [4.69, 9.17) is 18.5 Å². The van der Waals surface area contributed by atoms with Gasteiger partial charge < -0.3 is 18.9 Å². The summed E-state index contributed by atoms with van der Waals surface area (Å²) in [4.78, 5) is 10.3. The van der Waals surface area contributed by atoms with Crippen molar-refractivity contribution in [1.82, 2.24) is 0 Å². The number of quaternary nitrogens is 1. The smallest absolute Gasteiger partial charge is 0.379 e. The van der Waals surface area contributed by atoms with E-state index in [9.17, 15) is 9.46 Å². The minimum absolute atomic E-state index is 0.0233. The van der Waals surface area contributed by atoms with E-state index >= 15 is 0 Å². The molecule has 0 radical (unpaired) electrons. The predicted molar refractivity (Wildman–Crippen MR) is 242 cm³/mol. The van der Waals surface area contributed by atoms with E-state index in [1.165, 1.54) is 116 Å². The van der Waals surface area contributed by atoms with Crippen LogP contribution in [0.15, 0.2) is 0 Å². The molecule has 338 valence electrons. The van der Waals surface area contributed by atoms with Gasteiger partial charge in [0.25, 0.3) is 0 Å². The van der Waals surface area contributed by atoms with Crippen LogP contribution in [0.25, 0.3) is 0 Å². The lowest BCUT2D eigenvalue weighted by Crippen LogP contribution is -2.37. The first-order chi connectivity index (χ1) is 26.3. The maximum atomic E-state index is 12.6. The van der Waals surface area contributed by atoms with Gasteiger partial charge in [-0.15, -0.1) is 0 Å². The maximum Gasteiger partial charge on any atom is 0.472 e. The molecule has 0 aromatic heterocycles. The van der Waals surface area contributed by atoms with Crippen molar-refractivity contribution in [2.24, 2.45) is 47.3 Å². The SMILES string of the molecule is CC(C)CCC[C@@H](C)CCC[C@@H](C)CCCC(C)CCOCC(COP(=O)(O)OCC[N+](C)(C)C)OCCC(C)CCC[C@H](C)CCC[C@H](C)CCCC(C)C. The lowest BCUT2D eigenvalue weighted by Gasteiger charge is -2.24. The fourth-order valence-corrected chi connectivity index (χ4v) is 8.34. The standard InChI is InChI=1S/C48H100NO6P/c1-40(2)20-14-22-42(5)24-16-26-44(7)28-18-30-46(9)32-35-52-38-48(39-55-56(50,51)54-37-34-49(11,12)13)53-36-33-47(10)31-19-29-45(8)27-17-25-43(6)23-15-21-41(3)4/h40-48H,14-39H2,1-13H3/p+1/t42-,43-,44-,45-,46?,47?,48?/m1/s1. The van der Waals surface area contributed by atoms with Crippen molar-refractivity contribution in [1.29, 1.82) is 0 Å². The van der Waals surface area contributed by atoms with Crippen molar-refractivity contribution in [3.63, 3.8) is 0 Å². The number of hydrogen-bond donors (Lipinski definition) is 1. The third kappa shape index (κ3) is 38.2. The molecule has 0 rings (SSSR count). The number of rotatable bonds is 40. The molecule has 0 aliphatic carbocycles. The molecule has 1 N–H and O–H groups in total. The molecule has 8 heteroatoms. The minimum atomic E-state index is -4.17. The third-order valence-corrected chi connectivity index (χ3v) is 13.0. The van der Waals surface area contributed by atoms with Gasteiger partial charge in [0.1, 0.15) is 19.3 Å². The van der Waals surface area contributed by atoms with Crippen molar-refractivity contribution in [2.75, 3.05) is 60.7 Å². The first kappa shape index (κ1) is 56.0. The van der Waals surface area contributed by atoms with Gasteiger partial charge in [0.05, 0.1) is 34.4 Å². The second kappa shape index (κ2) is 33.7. The molecule has 0 aliphatic rings. The average molecular weight is 819 g/mol. The Morgan fingerprint density at radius 3 is 1.14 bits per heavy atom. The molecule has 0 saturated carbocycles. The van der Waals surface area contributed by atoms with Crippen molar-refractivity contribution in [3.8, 4) is 0 Å². The van der Waals surface area contributed by atoms with Gasteiger partial charge in [-0.3, -0.25) is 9.05 Å². The molecule has 0 spiro atoms.